The second kappa shape index (κ2) is 8.51. The van der Waals surface area contributed by atoms with Gasteiger partial charge in [-0.25, -0.2) is 4.39 Å². The average Bonchev–Trinajstić information content (AvgIpc) is 2.27. The first-order chi connectivity index (χ1) is 9.01. The van der Waals surface area contributed by atoms with Crippen LogP contribution >= 0.6 is 15.9 Å². The Morgan fingerprint density at radius 3 is 2.58 bits per heavy atom. The van der Waals surface area contributed by atoms with E-state index in [4.69, 9.17) is 9.47 Å². The van der Waals surface area contributed by atoms with Crippen LogP contribution in [0.4, 0.5) is 4.39 Å². The lowest BCUT2D eigenvalue weighted by Crippen LogP contribution is -2.36. The molecule has 3 nitrogen and oxygen atoms in total. The quantitative estimate of drug-likeness (QED) is 0.792. The van der Waals surface area contributed by atoms with Crippen LogP contribution in [0.2, 0.25) is 0 Å². The molecule has 5 heteroatoms. The Bertz CT molecular complexity index is 367. The first kappa shape index (κ1) is 16.4. The van der Waals surface area contributed by atoms with Gasteiger partial charge < -0.3 is 14.8 Å². The summed E-state index contributed by atoms with van der Waals surface area (Å²) >= 11 is 3.25. The lowest BCUT2D eigenvalue weighted by Gasteiger charge is -2.20. The summed E-state index contributed by atoms with van der Waals surface area (Å²) in [5.74, 6) is 0.752. The monoisotopic (exact) mass is 333 g/mol. The molecular weight excluding hydrogens is 313 g/mol. The van der Waals surface area contributed by atoms with E-state index in [2.05, 4.69) is 35.1 Å². The third kappa shape index (κ3) is 6.89. The van der Waals surface area contributed by atoms with Crippen LogP contribution in [0.15, 0.2) is 22.7 Å². The van der Waals surface area contributed by atoms with Crippen molar-refractivity contribution in [1.29, 1.82) is 0 Å². The van der Waals surface area contributed by atoms with Crippen molar-refractivity contribution in [2.24, 2.45) is 5.92 Å². The van der Waals surface area contributed by atoms with Gasteiger partial charge in [0.25, 0.3) is 0 Å². The minimum absolute atomic E-state index is 0.141. The number of ether oxygens (including phenoxy) is 2. The van der Waals surface area contributed by atoms with Gasteiger partial charge in [-0.1, -0.05) is 29.8 Å². The van der Waals surface area contributed by atoms with E-state index in [1.807, 2.05) is 0 Å². The Morgan fingerprint density at radius 1 is 1.26 bits per heavy atom. The van der Waals surface area contributed by atoms with Gasteiger partial charge in [-0.3, -0.25) is 0 Å². The molecule has 0 bridgehead atoms. The van der Waals surface area contributed by atoms with E-state index in [0.717, 1.165) is 6.54 Å². The van der Waals surface area contributed by atoms with Gasteiger partial charge in [0, 0.05) is 24.2 Å². The van der Waals surface area contributed by atoms with Crippen LogP contribution in [-0.4, -0.2) is 32.9 Å². The zero-order valence-electron chi connectivity index (χ0n) is 11.6. The number of hydrogen-bond acceptors (Lipinski definition) is 3. The highest BCUT2D eigenvalue weighted by molar-refractivity contribution is 9.10. The second-order valence-corrected chi connectivity index (χ2v) is 5.77. The smallest absolute Gasteiger partial charge is 0.134 e. The van der Waals surface area contributed by atoms with Gasteiger partial charge in [0.2, 0.25) is 0 Å². The van der Waals surface area contributed by atoms with Crippen LogP contribution in [0, 0.1) is 11.7 Å². The second-order valence-electron chi connectivity index (χ2n) is 4.85. The van der Waals surface area contributed by atoms with Gasteiger partial charge >= 0.3 is 0 Å². The van der Waals surface area contributed by atoms with E-state index in [1.165, 1.54) is 12.1 Å². The molecule has 1 aromatic rings. The number of methoxy groups -OCH3 is 1. The standard InChI is InChI=1S/C14H21BrFNO2/c1-10(2)7-17-8-14(9-18-3)19-13-5-11(15)4-12(16)6-13/h4-6,10,14,17H,7-9H2,1-3H3. The summed E-state index contributed by atoms with van der Waals surface area (Å²) in [7, 11) is 1.63. The van der Waals surface area contributed by atoms with Gasteiger partial charge in [-0.15, -0.1) is 0 Å². The van der Waals surface area contributed by atoms with Crippen molar-refractivity contribution < 1.29 is 13.9 Å². The predicted molar refractivity (Wildman–Crippen MR) is 78.1 cm³/mol. The first-order valence-electron chi connectivity index (χ1n) is 6.33. The molecule has 0 heterocycles. The van der Waals surface area contributed by atoms with Crippen molar-refractivity contribution in [3.63, 3.8) is 0 Å². The highest BCUT2D eigenvalue weighted by Gasteiger charge is 2.11. The molecule has 0 spiro atoms. The minimum Gasteiger partial charge on any atom is -0.487 e. The average molecular weight is 334 g/mol. The fourth-order valence-corrected chi connectivity index (χ4v) is 2.09. The maximum absolute atomic E-state index is 13.3. The molecule has 0 fully saturated rings. The number of benzene rings is 1. The predicted octanol–water partition coefficient (Wildman–Crippen LogP) is 3.23. The molecule has 0 saturated carbocycles. The Balaban J connectivity index is 2.56. The van der Waals surface area contributed by atoms with Crippen LogP contribution in [0.1, 0.15) is 13.8 Å². The molecule has 19 heavy (non-hydrogen) atoms. The topological polar surface area (TPSA) is 30.5 Å². The summed E-state index contributed by atoms with van der Waals surface area (Å²) < 4.78 is 24.8. The highest BCUT2D eigenvalue weighted by Crippen LogP contribution is 2.21. The maximum atomic E-state index is 13.3. The van der Waals surface area contributed by atoms with Gasteiger partial charge in [0.15, 0.2) is 0 Å². The molecule has 0 amide bonds. The van der Waals surface area contributed by atoms with Crippen molar-refractivity contribution >= 4 is 15.9 Å². The molecule has 1 N–H and O–H groups in total. The van der Waals surface area contributed by atoms with Crippen molar-refractivity contribution in [3.05, 3.63) is 28.5 Å². The van der Waals surface area contributed by atoms with Crippen LogP contribution in [0.25, 0.3) is 0 Å². The van der Waals surface area contributed by atoms with Crippen LogP contribution in [-0.2, 0) is 4.74 Å². The Kier molecular flexibility index (Phi) is 7.34. The van der Waals surface area contributed by atoms with Gasteiger partial charge in [-0.05, 0) is 24.6 Å². The van der Waals surface area contributed by atoms with Crippen molar-refractivity contribution in [1.82, 2.24) is 5.32 Å². The third-order valence-electron chi connectivity index (χ3n) is 2.42. The molecule has 1 aromatic carbocycles. The van der Waals surface area contributed by atoms with E-state index < -0.39 is 0 Å². The minimum atomic E-state index is -0.323. The fourth-order valence-electron chi connectivity index (χ4n) is 1.64. The van der Waals surface area contributed by atoms with E-state index in [0.29, 0.717) is 29.3 Å². The zero-order valence-corrected chi connectivity index (χ0v) is 13.2. The van der Waals surface area contributed by atoms with Gasteiger partial charge in [0.05, 0.1) is 6.61 Å². The van der Waals surface area contributed by atoms with E-state index in [-0.39, 0.29) is 11.9 Å². The number of hydrogen-bond donors (Lipinski definition) is 1. The normalized spacial score (nSPS) is 12.7. The lowest BCUT2D eigenvalue weighted by atomic mass is 10.2. The summed E-state index contributed by atoms with van der Waals surface area (Å²) in [4.78, 5) is 0. The van der Waals surface area contributed by atoms with E-state index in [1.54, 1.807) is 13.2 Å². The fraction of sp³-hybridized carbons (Fsp3) is 0.571. The Morgan fingerprint density at radius 2 is 2.00 bits per heavy atom. The van der Waals surface area contributed by atoms with Crippen LogP contribution in [0.5, 0.6) is 5.75 Å². The van der Waals surface area contributed by atoms with Crippen molar-refractivity contribution in [2.45, 2.75) is 20.0 Å². The Hall–Kier alpha value is -0.650. The summed E-state index contributed by atoms with van der Waals surface area (Å²) in [5, 5.41) is 3.31. The molecule has 0 aliphatic rings. The molecule has 108 valence electrons. The SMILES string of the molecule is COCC(CNCC(C)C)Oc1cc(F)cc(Br)c1. The molecule has 1 rings (SSSR count). The molecule has 0 saturated heterocycles. The highest BCUT2D eigenvalue weighted by atomic mass is 79.9. The van der Waals surface area contributed by atoms with Gasteiger partial charge in [-0.2, -0.15) is 0 Å². The summed E-state index contributed by atoms with van der Waals surface area (Å²) in [5.41, 5.74) is 0. The zero-order chi connectivity index (χ0) is 14.3. The van der Waals surface area contributed by atoms with Crippen LogP contribution < -0.4 is 10.1 Å². The molecular formula is C14H21BrFNO2. The Labute approximate surface area is 122 Å². The maximum Gasteiger partial charge on any atom is 0.134 e. The molecule has 0 radical (unpaired) electrons. The molecule has 1 atom stereocenters. The molecule has 0 aliphatic carbocycles. The largest absolute Gasteiger partial charge is 0.487 e. The summed E-state index contributed by atoms with van der Waals surface area (Å²) in [6.45, 7) is 6.32. The number of rotatable bonds is 8. The summed E-state index contributed by atoms with van der Waals surface area (Å²) in [6.07, 6.45) is -0.141. The molecule has 0 aromatic heterocycles. The first-order valence-corrected chi connectivity index (χ1v) is 7.13. The number of halogens is 2. The van der Waals surface area contributed by atoms with Gasteiger partial charge in [0.1, 0.15) is 17.7 Å². The van der Waals surface area contributed by atoms with E-state index >= 15 is 0 Å². The van der Waals surface area contributed by atoms with E-state index in [9.17, 15) is 4.39 Å². The molecule has 0 aliphatic heterocycles. The molecule has 1 unspecified atom stereocenters. The third-order valence-corrected chi connectivity index (χ3v) is 2.87. The number of nitrogens with one attached hydrogen (secondary N) is 1. The lowest BCUT2D eigenvalue weighted by molar-refractivity contribution is 0.0800. The van der Waals surface area contributed by atoms with Crippen molar-refractivity contribution in [3.8, 4) is 5.75 Å². The summed E-state index contributed by atoms with van der Waals surface area (Å²) in [6, 6.07) is 4.51. The van der Waals surface area contributed by atoms with Crippen molar-refractivity contribution in [2.75, 3.05) is 26.8 Å². The van der Waals surface area contributed by atoms with Crippen LogP contribution in [0.3, 0.4) is 0 Å².